The maximum atomic E-state index is 12.7. The third-order valence-corrected chi connectivity index (χ3v) is 6.29. The van der Waals surface area contributed by atoms with Gasteiger partial charge < -0.3 is 20.5 Å². The van der Waals surface area contributed by atoms with E-state index >= 15 is 0 Å². The lowest BCUT2D eigenvalue weighted by Gasteiger charge is -2.23. The number of carbonyl (C=O) groups is 5. The van der Waals surface area contributed by atoms with E-state index in [-0.39, 0.29) is 18.2 Å². The first-order chi connectivity index (χ1) is 19.6. The van der Waals surface area contributed by atoms with E-state index in [1.807, 2.05) is 30.3 Å². The molecule has 9 nitrogen and oxygen atoms in total. The lowest BCUT2D eigenvalue weighted by Crippen LogP contribution is -2.48. The van der Waals surface area contributed by atoms with Crippen molar-refractivity contribution in [3.63, 3.8) is 0 Å². The Morgan fingerprint density at radius 3 is 1.83 bits per heavy atom. The molecule has 41 heavy (non-hydrogen) atoms. The van der Waals surface area contributed by atoms with Crippen LogP contribution in [0.2, 0.25) is 0 Å². The minimum Gasteiger partial charge on any atom is -0.481 e. The van der Waals surface area contributed by atoms with Crippen molar-refractivity contribution in [3.8, 4) is 0 Å². The van der Waals surface area contributed by atoms with Crippen LogP contribution in [0.4, 0.5) is 0 Å². The van der Waals surface area contributed by atoms with Gasteiger partial charge in [0.15, 0.2) is 12.4 Å². The van der Waals surface area contributed by atoms with E-state index in [4.69, 9.17) is 5.11 Å². The van der Waals surface area contributed by atoms with Crippen molar-refractivity contribution in [1.29, 1.82) is 0 Å². The quantitative estimate of drug-likeness (QED) is 0.268. The molecule has 218 valence electrons. The van der Waals surface area contributed by atoms with Crippen molar-refractivity contribution in [2.24, 2.45) is 11.8 Å². The number of hydrogen-bond acceptors (Lipinski definition) is 6. The number of nitrogens with one attached hydrogen (secondary N) is 2. The first kappa shape index (κ1) is 32.7. The second kappa shape index (κ2) is 17.2. The van der Waals surface area contributed by atoms with Gasteiger partial charge in [0.1, 0.15) is 6.04 Å². The highest BCUT2D eigenvalue weighted by Gasteiger charge is 2.30. The predicted octanol–water partition coefficient (Wildman–Crippen LogP) is 3.94. The van der Waals surface area contributed by atoms with Crippen molar-refractivity contribution >= 4 is 40.3 Å². The first-order valence-corrected chi connectivity index (χ1v) is 13.5. The maximum Gasteiger partial charge on any atom is 0.305 e. The molecule has 9 heteroatoms. The van der Waals surface area contributed by atoms with Gasteiger partial charge in [-0.3, -0.25) is 24.0 Å². The summed E-state index contributed by atoms with van der Waals surface area (Å²) in [4.78, 5) is 59.2. The minimum absolute atomic E-state index is 0.101. The number of hydrogen-bond donors (Lipinski definition) is 3. The number of Topliss-reactive ketones (excluding diaryl/α,β-unsaturated/α-hetero) is 1. The van der Waals surface area contributed by atoms with Gasteiger partial charge in [-0.05, 0) is 28.7 Å². The average molecular weight is 563 g/mol. The van der Waals surface area contributed by atoms with Crippen LogP contribution in [-0.2, 0) is 35.1 Å². The molecule has 0 fully saturated rings. The number of ketones is 1. The molecule has 0 saturated heterocycles. The number of carboxylic acids is 1. The summed E-state index contributed by atoms with van der Waals surface area (Å²) in [6.07, 6.45) is -0.105. The van der Waals surface area contributed by atoms with Gasteiger partial charge in [-0.15, -0.1) is 0 Å². The third-order valence-electron chi connectivity index (χ3n) is 6.29. The lowest BCUT2D eigenvalue weighted by molar-refractivity contribution is -0.147. The zero-order chi connectivity index (χ0) is 30.2. The summed E-state index contributed by atoms with van der Waals surface area (Å²) in [5.41, 5.74) is 1.07. The lowest BCUT2D eigenvalue weighted by atomic mass is 9.90. The summed E-state index contributed by atoms with van der Waals surface area (Å²) in [5.74, 6) is -4.62. The minimum atomic E-state index is -1.35. The highest BCUT2D eigenvalue weighted by Crippen LogP contribution is 2.16. The molecule has 3 aromatic rings. The van der Waals surface area contributed by atoms with Crippen LogP contribution in [0.15, 0.2) is 78.9 Å². The van der Waals surface area contributed by atoms with E-state index in [9.17, 15) is 24.0 Å². The Morgan fingerprint density at radius 1 is 0.805 bits per heavy atom. The second-order valence-electron chi connectivity index (χ2n) is 9.89. The summed E-state index contributed by atoms with van der Waals surface area (Å²) in [6, 6.07) is 25.0. The number of carboxylic acid groups (broad SMARTS) is 1. The Labute approximate surface area is 240 Å². The molecule has 2 atom stereocenters. The van der Waals surface area contributed by atoms with Gasteiger partial charge in [0.2, 0.25) is 11.8 Å². The van der Waals surface area contributed by atoms with Crippen LogP contribution in [0.5, 0.6) is 0 Å². The first-order valence-electron chi connectivity index (χ1n) is 13.5. The Bertz CT molecular complexity index is 1240. The average Bonchev–Trinajstić information content (AvgIpc) is 2.94. The van der Waals surface area contributed by atoms with Crippen LogP contribution in [0.3, 0.4) is 0 Å². The molecule has 3 rings (SSSR count). The summed E-state index contributed by atoms with van der Waals surface area (Å²) in [6.45, 7) is 4.41. The number of benzene rings is 3. The molecule has 0 aromatic heterocycles. The van der Waals surface area contributed by atoms with Crippen LogP contribution in [0, 0.1) is 11.8 Å². The monoisotopic (exact) mass is 562 g/mol. The number of ether oxygens (including phenoxy) is 1. The molecule has 2 unspecified atom stereocenters. The number of esters is 1. The summed E-state index contributed by atoms with van der Waals surface area (Å²) in [5, 5.41) is 16.8. The molecule has 3 aromatic carbocycles. The topological polar surface area (TPSA) is 139 Å². The molecule has 0 saturated carbocycles. The van der Waals surface area contributed by atoms with E-state index in [1.54, 1.807) is 13.8 Å². The summed E-state index contributed by atoms with van der Waals surface area (Å²) in [7, 11) is 0. The van der Waals surface area contributed by atoms with Crippen molar-refractivity contribution in [2.75, 3.05) is 13.2 Å². The zero-order valence-corrected chi connectivity index (χ0v) is 23.7. The summed E-state index contributed by atoms with van der Waals surface area (Å²) < 4.78 is 4.60. The zero-order valence-electron chi connectivity index (χ0n) is 23.7. The number of amides is 2. The third kappa shape index (κ3) is 12.5. The van der Waals surface area contributed by atoms with E-state index in [1.165, 1.54) is 10.8 Å². The highest BCUT2D eigenvalue weighted by molar-refractivity contribution is 5.94. The van der Waals surface area contributed by atoms with Crippen LogP contribution in [0.1, 0.15) is 39.2 Å². The van der Waals surface area contributed by atoms with E-state index in [0.717, 1.165) is 12.5 Å². The Hall–Kier alpha value is -4.53. The van der Waals surface area contributed by atoms with Gasteiger partial charge in [-0.25, -0.2) is 0 Å². The number of aliphatic carboxylic acids is 1. The number of fused-ring (bicyclic) bond motifs is 1. The standard InChI is InChI=1S/C22H30N2O7.C10H8/c1-14(2)17(11-20(27)23-10-9-16-7-5-4-6-8-16)22(30)24-18(12-21(28)29)19(26)13-31-15(3)25;1-2-6-10-8-4-3-7-9(10)5-1/h4-8,14,17-18H,9-13H2,1-3H3,(H,23,27)(H,24,30)(H,28,29);1-8H. The fraction of sp³-hybridized carbons (Fsp3) is 0.344. The SMILES string of the molecule is CC(=O)OCC(=O)C(CC(=O)O)NC(=O)C(CC(=O)NCCc1ccccc1)C(C)C.c1ccc2ccccc2c1. The second-order valence-corrected chi connectivity index (χ2v) is 9.89. The normalized spacial score (nSPS) is 11.9. The molecular weight excluding hydrogens is 524 g/mol. The van der Waals surface area contributed by atoms with E-state index in [0.29, 0.717) is 13.0 Å². The fourth-order valence-corrected chi connectivity index (χ4v) is 4.00. The van der Waals surface area contributed by atoms with Crippen molar-refractivity contribution in [2.45, 2.75) is 46.1 Å². The van der Waals surface area contributed by atoms with Gasteiger partial charge in [0.25, 0.3) is 0 Å². The van der Waals surface area contributed by atoms with Crippen LogP contribution in [0.25, 0.3) is 10.8 Å². The summed E-state index contributed by atoms with van der Waals surface area (Å²) >= 11 is 0. The largest absolute Gasteiger partial charge is 0.481 e. The fourth-order valence-electron chi connectivity index (χ4n) is 4.00. The molecule has 0 bridgehead atoms. The molecule has 0 heterocycles. The van der Waals surface area contributed by atoms with Crippen LogP contribution < -0.4 is 10.6 Å². The molecular formula is C32H38N2O7. The molecule has 0 radical (unpaired) electrons. The molecule has 0 aliphatic carbocycles. The Morgan fingerprint density at radius 2 is 1.34 bits per heavy atom. The highest BCUT2D eigenvalue weighted by atomic mass is 16.5. The Kier molecular flexibility index (Phi) is 13.7. The predicted molar refractivity (Wildman–Crippen MR) is 156 cm³/mol. The van der Waals surface area contributed by atoms with E-state index in [2.05, 4.69) is 63.9 Å². The van der Waals surface area contributed by atoms with Crippen LogP contribution in [-0.4, -0.2) is 53.8 Å². The van der Waals surface area contributed by atoms with Crippen LogP contribution >= 0.6 is 0 Å². The van der Waals surface area contributed by atoms with Gasteiger partial charge in [-0.1, -0.05) is 92.7 Å². The maximum absolute atomic E-state index is 12.7. The van der Waals surface area contributed by atoms with Crippen molar-refractivity contribution in [3.05, 3.63) is 84.4 Å². The molecule has 2 amide bonds. The van der Waals surface area contributed by atoms with Gasteiger partial charge >= 0.3 is 11.9 Å². The van der Waals surface area contributed by atoms with Gasteiger partial charge in [-0.2, -0.15) is 0 Å². The van der Waals surface area contributed by atoms with Gasteiger partial charge in [0.05, 0.1) is 6.42 Å². The molecule has 0 aliphatic heterocycles. The van der Waals surface area contributed by atoms with Crippen molar-refractivity contribution in [1.82, 2.24) is 10.6 Å². The van der Waals surface area contributed by atoms with Gasteiger partial charge in [0, 0.05) is 25.8 Å². The molecule has 0 aliphatic rings. The molecule has 3 N–H and O–H groups in total. The van der Waals surface area contributed by atoms with E-state index < -0.39 is 48.6 Å². The molecule has 0 spiro atoms. The van der Waals surface area contributed by atoms with Crippen molar-refractivity contribution < 1.29 is 33.8 Å². The number of rotatable bonds is 13. The smallest absolute Gasteiger partial charge is 0.305 e. The Balaban J connectivity index is 0.000000484. The number of carbonyl (C=O) groups excluding carboxylic acids is 4.